The van der Waals surface area contributed by atoms with Gasteiger partial charge in [-0.15, -0.1) is 0 Å². The molecule has 0 heterocycles. The maximum atomic E-state index is 12.9. The van der Waals surface area contributed by atoms with Crippen molar-refractivity contribution in [3.05, 3.63) is 100 Å². The van der Waals surface area contributed by atoms with Crippen LogP contribution in [0.5, 0.6) is 5.75 Å². The molecule has 38 heavy (non-hydrogen) atoms. The number of nitrogens with zero attached hydrogens (tertiary/aromatic N) is 1. The van der Waals surface area contributed by atoms with E-state index in [9.17, 15) is 9.59 Å². The fourth-order valence-corrected chi connectivity index (χ4v) is 3.47. The number of carbonyl (C=O) groups excluding carboxylic acids is 2. The highest BCUT2D eigenvalue weighted by molar-refractivity contribution is 9.10. The second-order valence-electron chi connectivity index (χ2n) is 9.39. The third-order valence-corrected chi connectivity index (χ3v) is 5.54. The Morgan fingerprint density at radius 2 is 1.58 bits per heavy atom. The minimum absolute atomic E-state index is 0.0671. The van der Waals surface area contributed by atoms with Crippen molar-refractivity contribution in [3.63, 3.8) is 0 Å². The average Bonchev–Trinajstić information content (AvgIpc) is 2.88. The summed E-state index contributed by atoms with van der Waals surface area (Å²) >= 11 is 3.42. The van der Waals surface area contributed by atoms with Gasteiger partial charge in [0, 0.05) is 10.0 Å². The first-order chi connectivity index (χ1) is 18.2. The van der Waals surface area contributed by atoms with Gasteiger partial charge in [0.15, 0.2) is 0 Å². The monoisotopic (exact) mass is 581 g/mol. The summed E-state index contributed by atoms with van der Waals surface area (Å²) in [5.74, 6) is 0.0662. The van der Waals surface area contributed by atoms with Crippen molar-refractivity contribution < 1.29 is 23.8 Å². The number of hydrogen-bond donors (Lipinski definition) is 2. The van der Waals surface area contributed by atoms with Crippen molar-refractivity contribution in [2.45, 2.75) is 45.6 Å². The molecule has 3 aromatic carbocycles. The molecule has 8 nitrogen and oxygen atoms in total. The standard InChI is InChI=1S/C29H32BrN3O5/c1-29(2,3)38-28(35)32-25(20-36-18-21-9-5-4-6-10-21)27(34)33-31-17-23-11-7-8-12-26(23)37-19-22-13-15-24(30)16-14-22/h4-17,25H,18-20H2,1-3H3,(H,32,35)(H,33,34)/b31-17-/t25-/m0/s1. The molecular weight excluding hydrogens is 550 g/mol. The quantitative estimate of drug-likeness (QED) is 0.227. The van der Waals surface area contributed by atoms with Crippen molar-refractivity contribution in [2.75, 3.05) is 6.61 Å². The van der Waals surface area contributed by atoms with E-state index in [2.05, 4.69) is 31.8 Å². The predicted octanol–water partition coefficient (Wildman–Crippen LogP) is 5.59. The predicted molar refractivity (Wildman–Crippen MR) is 150 cm³/mol. The molecule has 0 spiro atoms. The maximum Gasteiger partial charge on any atom is 0.408 e. The normalized spacial score (nSPS) is 12.1. The summed E-state index contributed by atoms with van der Waals surface area (Å²) in [5.41, 5.74) is 4.40. The first kappa shape index (κ1) is 28.9. The fraction of sp³-hybridized carbons (Fsp3) is 0.276. The van der Waals surface area contributed by atoms with Gasteiger partial charge in [0.05, 0.1) is 19.4 Å². The van der Waals surface area contributed by atoms with E-state index in [-0.39, 0.29) is 13.2 Å². The molecule has 0 aliphatic carbocycles. The smallest absolute Gasteiger partial charge is 0.408 e. The van der Waals surface area contributed by atoms with Crippen LogP contribution in [0.1, 0.15) is 37.5 Å². The zero-order valence-corrected chi connectivity index (χ0v) is 23.2. The van der Waals surface area contributed by atoms with Crippen LogP contribution in [-0.2, 0) is 27.5 Å². The van der Waals surface area contributed by atoms with Crippen LogP contribution in [0.15, 0.2) is 88.4 Å². The lowest BCUT2D eigenvalue weighted by atomic mass is 10.2. The van der Waals surface area contributed by atoms with Crippen molar-refractivity contribution in [3.8, 4) is 5.75 Å². The van der Waals surface area contributed by atoms with Gasteiger partial charge < -0.3 is 19.5 Å². The highest BCUT2D eigenvalue weighted by Crippen LogP contribution is 2.18. The van der Waals surface area contributed by atoms with Gasteiger partial charge in [-0.25, -0.2) is 10.2 Å². The highest BCUT2D eigenvalue weighted by Gasteiger charge is 2.24. The van der Waals surface area contributed by atoms with E-state index in [1.807, 2.05) is 78.9 Å². The summed E-state index contributed by atoms with van der Waals surface area (Å²) in [4.78, 5) is 25.2. The lowest BCUT2D eigenvalue weighted by molar-refractivity contribution is -0.124. The van der Waals surface area contributed by atoms with Crippen LogP contribution in [0.3, 0.4) is 0 Å². The molecule has 0 aliphatic rings. The van der Waals surface area contributed by atoms with Gasteiger partial charge in [-0.05, 0) is 56.2 Å². The first-order valence-corrected chi connectivity index (χ1v) is 12.9. The van der Waals surface area contributed by atoms with Crippen molar-refractivity contribution in [2.24, 2.45) is 5.10 Å². The molecule has 0 saturated heterocycles. The molecule has 0 aliphatic heterocycles. The van der Waals surface area contributed by atoms with E-state index in [1.165, 1.54) is 6.21 Å². The van der Waals surface area contributed by atoms with Crippen molar-refractivity contribution in [1.29, 1.82) is 0 Å². The second kappa shape index (κ2) is 14.3. The topological polar surface area (TPSA) is 98.2 Å². The number of carbonyl (C=O) groups is 2. The van der Waals surface area contributed by atoms with Crippen molar-refractivity contribution >= 4 is 34.1 Å². The van der Waals surface area contributed by atoms with Crippen LogP contribution < -0.4 is 15.5 Å². The molecule has 0 bridgehead atoms. The van der Waals surface area contributed by atoms with Crippen LogP contribution in [-0.4, -0.2) is 36.5 Å². The van der Waals surface area contributed by atoms with Gasteiger partial charge in [-0.3, -0.25) is 4.79 Å². The Kier molecular flexibility index (Phi) is 10.9. The number of halogens is 1. The van der Waals surface area contributed by atoms with Gasteiger partial charge in [0.2, 0.25) is 0 Å². The molecule has 2 amide bonds. The van der Waals surface area contributed by atoms with E-state index in [1.54, 1.807) is 20.8 Å². The van der Waals surface area contributed by atoms with Crippen molar-refractivity contribution in [1.82, 2.24) is 10.7 Å². The van der Waals surface area contributed by atoms with Crippen LogP contribution in [0, 0.1) is 0 Å². The van der Waals surface area contributed by atoms with E-state index in [0.717, 1.165) is 15.6 Å². The second-order valence-corrected chi connectivity index (χ2v) is 10.3. The summed E-state index contributed by atoms with van der Waals surface area (Å²) in [7, 11) is 0. The highest BCUT2D eigenvalue weighted by atomic mass is 79.9. The van der Waals surface area contributed by atoms with Crippen LogP contribution >= 0.6 is 15.9 Å². The Hall–Kier alpha value is -3.69. The molecule has 0 saturated carbocycles. The largest absolute Gasteiger partial charge is 0.488 e. The molecule has 0 fully saturated rings. The molecule has 0 radical (unpaired) electrons. The number of benzene rings is 3. The van der Waals surface area contributed by atoms with Gasteiger partial charge in [-0.1, -0.05) is 70.5 Å². The van der Waals surface area contributed by atoms with Crippen LogP contribution in [0.25, 0.3) is 0 Å². The number of alkyl carbamates (subject to hydrolysis) is 1. The summed E-state index contributed by atoms with van der Waals surface area (Å²) in [6, 6.07) is 23.7. The molecule has 2 N–H and O–H groups in total. The number of hydrogen-bond acceptors (Lipinski definition) is 6. The van der Waals surface area contributed by atoms with Gasteiger partial charge in [0.1, 0.15) is 24.0 Å². The lowest BCUT2D eigenvalue weighted by Gasteiger charge is -2.22. The Labute approximate surface area is 231 Å². The molecule has 1 atom stereocenters. The van der Waals surface area contributed by atoms with Gasteiger partial charge in [-0.2, -0.15) is 5.10 Å². The molecule has 3 aromatic rings. The number of nitrogens with one attached hydrogen (secondary N) is 2. The Morgan fingerprint density at radius 1 is 0.921 bits per heavy atom. The van der Waals surface area contributed by atoms with E-state index >= 15 is 0 Å². The van der Waals surface area contributed by atoms with E-state index in [0.29, 0.717) is 17.9 Å². The number of amides is 2. The summed E-state index contributed by atoms with van der Waals surface area (Å²) in [6.45, 7) is 5.83. The minimum Gasteiger partial charge on any atom is -0.488 e. The molecular formula is C29H32BrN3O5. The number of para-hydroxylation sites is 1. The van der Waals surface area contributed by atoms with Gasteiger partial charge >= 0.3 is 6.09 Å². The molecule has 200 valence electrons. The SMILES string of the molecule is CC(C)(C)OC(=O)N[C@@H](COCc1ccccc1)C(=O)N/N=C\c1ccccc1OCc1ccc(Br)cc1. The average molecular weight is 582 g/mol. The number of rotatable bonds is 11. The third kappa shape index (κ3) is 10.4. The van der Waals surface area contributed by atoms with Crippen LogP contribution in [0.2, 0.25) is 0 Å². The molecule has 0 unspecified atom stereocenters. The maximum absolute atomic E-state index is 12.9. The molecule has 3 rings (SSSR count). The van der Waals surface area contributed by atoms with E-state index in [4.69, 9.17) is 14.2 Å². The number of hydrazone groups is 1. The summed E-state index contributed by atoms with van der Waals surface area (Å²) in [5, 5.41) is 6.64. The number of ether oxygens (including phenoxy) is 3. The van der Waals surface area contributed by atoms with E-state index < -0.39 is 23.6 Å². The molecule has 9 heteroatoms. The zero-order valence-electron chi connectivity index (χ0n) is 21.6. The third-order valence-electron chi connectivity index (χ3n) is 5.01. The summed E-state index contributed by atoms with van der Waals surface area (Å²) < 4.78 is 17.9. The summed E-state index contributed by atoms with van der Waals surface area (Å²) in [6.07, 6.45) is 0.765. The Morgan fingerprint density at radius 3 is 2.29 bits per heavy atom. The van der Waals surface area contributed by atoms with Gasteiger partial charge in [0.25, 0.3) is 5.91 Å². The Balaban J connectivity index is 1.61. The lowest BCUT2D eigenvalue weighted by Crippen LogP contribution is -2.49. The minimum atomic E-state index is -1.02. The Bertz CT molecular complexity index is 1210. The first-order valence-electron chi connectivity index (χ1n) is 12.1. The fourth-order valence-electron chi connectivity index (χ4n) is 3.21. The van der Waals surface area contributed by atoms with Crippen LogP contribution in [0.4, 0.5) is 4.79 Å². The molecule has 0 aromatic heterocycles. The zero-order chi connectivity index (χ0) is 27.4.